The average molecular weight is 338 g/mol. The monoisotopic (exact) mass is 338 g/mol. The van der Waals surface area contributed by atoms with Crippen LogP contribution in [0.25, 0.3) is 0 Å². The molecule has 1 saturated carbocycles. The highest BCUT2D eigenvalue weighted by Crippen LogP contribution is 2.62. The molecule has 1 aliphatic heterocycles. The molecule has 2 aromatic carbocycles. The summed E-state index contributed by atoms with van der Waals surface area (Å²) in [7, 11) is 0. The van der Waals surface area contributed by atoms with E-state index < -0.39 is 29.7 Å². The van der Waals surface area contributed by atoms with E-state index in [2.05, 4.69) is 0 Å². The van der Waals surface area contributed by atoms with E-state index in [9.17, 15) is 19.8 Å². The first kappa shape index (κ1) is 15.7. The van der Waals surface area contributed by atoms with Crippen molar-refractivity contribution in [2.75, 3.05) is 0 Å². The minimum Gasteiger partial charge on any atom is -0.508 e. The Morgan fingerprint density at radius 3 is 2.28 bits per heavy atom. The number of hydrogen-bond donors (Lipinski definition) is 2. The molecule has 5 heteroatoms. The van der Waals surface area contributed by atoms with Crippen molar-refractivity contribution in [3.8, 4) is 11.5 Å². The number of benzene rings is 2. The van der Waals surface area contributed by atoms with Gasteiger partial charge in [-0.15, -0.1) is 0 Å². The Hall–Kier alpha value is -2.82. The lowest BCUT2D eigenvalue weighted by Crippen LogP contribution is -2.54. The van der Waals surface area contributed by atoms with E-state index in [4.69, 9.17) is 4.74 Å². The maximum absolute atomic E-state index is 12.4. The Kier molecular flexibility index (Phi) is 3.35. The molecular formula is C20H18O5. The van der Waals surface area contributed by atoms with Gasteiger partial charge in [0.15, 0.2) is 0 Å². The first-order valence-electron chi connectivity index (χ1n) is 8.23. The number of fused-ring (bicyclic) bond motifs is 3. The van der Waals surface area contributed by atoms with E-state index in [0.717, 1.165) is 16.7 Å². The van der Waals surface area contributed by atoms with E-state index in [1.54, 1.807) is 18.2 Å². The number of carbonyl (C=O) groups excluding carboxylic acids is 1. The van der Waals surface area contributed by atoms with Crippen LogP contribution >= 0.6 is 0 Å². The lowest BCUT2D eigenvalue weighted by molar-refractivity contribution is -0.165. The van der Waals surface area contributed by atoms with Gasteiger partial charge >= 0.3 is 11.9 Å². The molecule has 5 nitrogen and oxygen atoms in total. The molecule has 1 aliphatic carbocycles. The molecule has 25 heavy (non-hydrogen) atoms. The normalized spacial score (nSPS) is 26.9. The Bertz CT molecular complexity index is 901. The van der Waals surface area contributed by atoms with Crippen LogP contribution in [0.5, 0.6) is 11.5 Å². The molecule has 0 aromatic heterocycles. The van der Waals surface area contributed by atoms with Crippen LogP contribution in [-0.2, 0) is 9.59 Å². The number of phenolic OH excluding ortho intramolecular Hbond substituents is 1. The fourth-order valence-corrected chi connectivity index (χ4v) is 4.26. The summed E-state index contributed by atoms with van der Waals surface area (Å²) < 4.78 is 5.37. The topological polar surface area (TPSA) is 83.8 Å². The number of phenols is 1. The summed E-state index contributed by atoms with van der Waals surface area (Å²) in [5.74, 6) is -3.39. The smallest absolute Gasteiger partial charge is 0.315 e. The third kappa shape index (κ3) is 2.22. The van der Waals surface area contributed by atoms with Gasteiger partial charge in [-0.1, -0.05) is 35.4 Å². The molecule has 4 atom stereocenters. The second-order valence-corrected chi connectivity index (χ2v) is 6.97. The molecule has 0 amide bonds. The van der Waals surface area contributed by atoms with Gasteiger partial charge in [0.1, 0.15) is 11.5 Å². The van der Waals surface area contributed by atoms with Gasteiger partial charge in [0, 0.05) is 11.8 Å². The number of carbonyl (C=O) groups is 2. The molecule has 1 fully saturated rings. The van der Waals surface area contributed by atoms with Crippen molar-refractivity contribution >= 4 is 11.9 Å². The van der Waals surface area contributed by atoms with Crippen molar-refractivity contribution in [2.45, 2.75) is 25.7 Å². The largest absolute Gasteiger partial charge is 0.508 e. The number of carboxylic acids is 1. The zero-order valence-corrected chi connectivity index (χ0v) is 13.9. The van der Waals surface area contributed by atoms with Crippen LogP contribution in [-0.4, -0.2) is 22.2 Å². The number of aryl methyl sites for hydroxylation is 2. The maximum atomic E-state index is 12.4. The average Bonchev–Trinajstić information content (AvgIpc) is 2.51. The standard InChI is InChI=1S/C20H18O5/c1-9-3-5-13(21)11(7-9)15-16-12-8-10(2)4-6-14(12)25-20(24)18(16)17(15)19(22)23/h3-8,15-18,21H,1-2H3,(H,22,23)/t15-,16-,17-,18-/m0/s1. The summed E-state index contributed by atoms with van der Waals surface area (Å²) in [6.45, 7) is 3.83. The Morgan fingerprint density at radius 1 is 0.960 bits per heavy atom. The number of hydrogen-bond acceptors (Lipinski definition) is 4. The highest BCUT2D eigenvalue weighted by Gasteiger charge is 2.62. The van der Waals surface area contributed by atoms with Crippen molar-refractivity contribution in [1.29, 1.82) is 0 Å². The van der Waals surface area contributed by atoms with Crippen LogP contribution in [0.3, 0.4) is 0 Å². The minimum absolute atomic E-state index is 0.0634. The molecular weight excluding hydrogens is 320 g/mol. The molecule has 4 rings (SSSR count). The van der Waals surface area contributed by atoms with E-state index >= 15 is 0 Å². The third-order valence-electron chi connectivity index (χ3n) is 5.38. The third-order valence-corrected chi connectivity index (χ3v) is 5.38. The van der Waals surface area contributed by atoms with Crippen molar-refractivity contribution in [3.05, 3.63) is 58.7 Å². The number of carboxylic acid groups (broad SMARTS) is 1. The van der Waals surface area contributed by atoms with Gasteiger partial charge in [0.2, 0.25) is 0 Å². The number of esters is 1. The molecule has 2 aliphatic rings. The molecule has 2 N–H and O–H groups in total. The van der Waals surface area contributed by atoms with E-state index in [1.165, 1.54) is 0 Å². The Balaban J connectivity index is 1.89. The highest BCUT2D eigenvalue weighted by molar-refractivity contribution is 5.89. The van der Waals surface area contributed by atoms with Gasteiger partial charge in [-0.05, 0) is 37.1 Å². The molecule has 0 saturated heterocycles. The van der Waals surface area contributed by atoms with Crippen LogP contribution in [0.15, 0.2) is 36.4 Å². The predicted octanol–water partition coefficient (Wildman–Crippen LogP) is 3.13. The molecule has 0 radical (unpaired) electrons. The molecule has 0 spiro atoms. The number of rotatable bonds is 2. The molecule has 1 heterocycles. The van der Waals surface area contributed by atoms with Gasteiger partial charge in [0.25, 0.3) is 0 Å². The maximum Gasteiger partial charge on any atom is 0.315 e. The summed E-state index contributed by atoms with van der Waals surface area (Å²) in [5.41, 5.74) is 3.37. The second-order valence-electron chi connectivity index (χ2n) is 6.97. The predicted molar refractivity (Wildman–Crippen MR) is 89.8 cm³/mol. The Morgan fingerprint density at radius 2 is 1.60 bits per heavy atom. The number of aromatic hydroxyl groups is 1. The van der Waals surface area contributed by atoms with Gasteiger partial charge < -0.3 is 14.9 Å². The molecule has 0 unspecified atom stereocenters. The van der Waals surface area contributed by atoms with Gasteiger partial charge in [-0.25, -0.2) is 0 Å². The van der Waals surface area contributed by atoms with Crippen LogP contribution in [0.2, 0.25) is 0 Å². The number of aliphatic carboxylic acids is 1. The summed E-state index contributed by atoms with van der Waals surface area (Å²) in [6, 6.07) is 10.7. The SMILES string of the molecule is Cc1ccc(O)c([C@@H]2[C@H](C(=O)O)[C@H]3C(=O)Oc4ccc(C)cc4[C@H]32)c1. The van der Waals surface area contributed by atoms with Crippen molar-refractivity contribution < 1.29 is 24.5 Å². The van der Waals surface area contributed by atoms with Crippen LogP contribution < -0.4 is 4.74 Å². The second kappa shape index (κ2) is 5.34. The van der Waals surface area contributed by atoms with Gasteiger partial charge in [0.05, 0.1) is 11.8 Å². The van der Waals surface area contributed by atoms with E-state index in [0.29, 0.717) is 11.3 Å². The zero-order chi connectivity index (χ0) is 17.9. The highest BCUT2D eigenvalue weighted by atomic mass is 16.5. The lowest BCUT2D eigenvalue weighted by atomic mass is 9.51. The number of ether oxygens (including phenoxy) is 1. The van der Waals surface area contributed by atoms with Crippen LogP contribution in [0.1, 0.15) is 34.1 Å². The first-order valence-corrected chi connectivity index (χ1v) is 8.23. The summed E-state index contributed by atoms with van der Waals surface area (Å²) in [5, 5.41) is 20.0. The van der Waals surface area contributed by atoms with Crippen LogP contribution in [0.4, 0.5) is 0 Å². The molecule has 2 aromatic rings. The van der Waals surface area contributed by atoms with E-state index in [1.807, 2.05) is 32.0 Å². The minimum atomic E-state index is -1.04. The van der Waals surface area contributed by atoms with Crippen LogP contribution in [0, 0.1) is 25.7 Å². The summed E-state index contributed by atoms with van der Waals surface area (Å²) in [6.07, 6.45) is 0. The Labute approximate surface area is 144 Å². The first-order chi connectivity index (χ1) is 11.9. The van der Waals surface area contributed by atoms with Gasteiger partial charge in [-0.3, -0.25) is 9.59 Å². The van der Waals surface area contributed by atoms with E-state index in [-0.39, 0.29) is 11.7 Å². The fourth-order valence-electron chi connectivity index (χ4n) is 4.26. The van der Waals surface area contributed by atoms with Crippen molar-refractivity contribution in [1.82, 2.24) is 0 Å². The molecule has 128 valence electrons. The van der Waals surface area contributed by atoms with Gasteiger partial charge in [-0.2, -0.15) is 0 Å². The quantitative estimate of drug-likeness (QED) is 0.649. The lowest BCUT2D eigenvalue weighted by Gasteiger charge is -2.51. The van der Waals surface area contributed by atoms with Crippen molar-refractivity contribution in [3.63, 3.8) is 0 Å². The molecule has 0 bridgehead atoms. The fraction of sp³-hybridized carbons (Fsp3) is 0.300. The zero-order valence-electron chi connectivity index (χ0n) is 13.9. The van der Waals surface area contributed by atoms with Crippen molar-refractivity contribution in [2.24, 2.45) is 11.8 Å². The summed E-state index contributed by atoms with van der Waals surface area (Å²) >= 11 is 0. The summed E-state index contributed by atoms with van der Waals surface area (Å²) in [4.78, 5) is 24.3.